The van der Waals surface area contributed by atoms with Crippen molar-refractivity contribution >= 4 is 11.8 Å². The highest BCUT2D eigenvalue weighted by molar-refractivity contribution is 5.89. The number of allylic oxidation sites excluding steroid dienone is 2. The first-order valence-corrected chi connectivity index (χ1v) is 16.9. The maximum Gasteiger partial charge on any atom is 0.313 e. The topological polar surface area (TPSA) is 67.2 Å². The smallest absolute Gasteiger partial charge is 0.313 e. The van der Waals surface area contributed by atoms with E-state index in [0.717, 1.165) is 56.9 Å². The van der Waals surface area contributed by atoms with Crippen LogP contribution in [0.2, 0.25) is 0 Å². The normalized spacial score (nSPS) is 42.9. The van der Waals surface area contributed by atoms with Crippen LogP contribution in [-0.2, 0) is 20.9 Å². The summed E-state index contributed by atoms with van der Waals surface area (Å²) >= 11 is 0. The lowest BCUT2D eigenvalue weighted by Gasteiger charge is -2.71. The lowest BCUT2D eigenvalue weighted by molar-refractivity contribution is -0.195. The minimum atomic E-state index is -0.519. The molecule has 6 rings (SSSR count). The number of benzene rings is 1. The van der Waals surface area contributed by atoms with Crippen molar-refractivity contribution in [3.05, 3.63) is 47.0 Å². The zero-order valence-electron chi connectivity index (χ0n) is 27.9. The van der Waals surface area contributed by atoms with Gasteiger partial charge in [0.2, 0.25) is 0 Å². The van der Waals surface area contributed by atoms with Crippen LogP contribution in [-0.4, -0.2) is 11.8 Å². The molecule has 4 fully saturated rings. The van der Waals surface area contributed by atoms with Gasteiger partial charge in [-0.25, -0.2) is 0 Å². The SMILES string of the molecule is CC1=C2[C@@H]3CC(C)(C)CC[C@]3(C(=O)OCc3ccccc3)CC[C@@]2(C)[C@]2(C)CC[C@H]3C(C)(C)C(=O)C(C#N)C[C@]3(C)C2C1. The largest absolute Gasteiger partial charge is 0.460 e. The van der Waals surface area contributed by atoms with E-state index in [-0.39, 0.29) is 45.2 Å². The molecule has 5 aliphatic rings. The predicted octanol–water partition coefficient (Wildman–Crippen LogP) is 9.24. The van der Waals surface area contributed by atoms with Gasteiger partial charge in [0.05, 0.1) is 11.5 Å². The third-order valence-electron chi connectivity index (χ3n) is 14.5. The Morgan fingerprint density at radius 2 is 1.60 bits per heavy atom. The highest BCUT2D eigenvalue weighted by Crippen LogP contribution is 2.76. The maximum atomic E-state index is 14.3. The molecule has 0 amide bonds. The Kier molecular flexibility index (Phi) is 6.97. The van der Waals surface area contributed by atoms with Crippen LogP contribution in [0.3, 0.4) is 0 Å². The Hall–Kier alpha value is -2.41. The molecule has 4 saturated carbocycles. The van der Waals surface area contributed by atoms with Gasteiger partial charge in [0.15, 0.2) is 5.78 Å². The first kappa shape index (κ1) is 30.6. The summed E-state index contributed by atoms with van der Waals surface area (Å²) in [6.45, 7) is 19.2. The molecule has 4 heteroatoms. The molecular formula is C39H53NO3. The molecule has 5 aliphatic carbocycles. The summed E-state index contributed by atoms with van der Waals surface area (Å²) < 4.78 is 6.20. The van der Waals surface area contributed by atoms with Crippen LogP contribution in [0.4, 0.5) is 0 Å². The highest BCUT2D eigenvalue weighted by atomic mass is 16.5. The quantitative estimate of drug-likeness (QED) is 0.263. The van der Waals surface area contributed by atoms with E-state index >= 15 is 0 Å². The standard InChI is InChI=1S/C39H53NO3/c1-25-20-30-36(6)21-27(23-40)32(41)35(4,5)29(36)14-15-37(30,7)38(8)17-19-39(18-16-34(2,3)22-28(39)31(25)38)33(42)43-24-26-12-10-9-11-13-26/h9-13,27-30H,14-22,24H2,1-8H3/t27?,28-,29-,30?,36-,37+,38+,39-/m0/s1. The molecule has 0 spiro atoms. The van der Waals surface area contributed by atoms with E-state index in [9.17, 15) is 14.9 Å². The molecule has 232 valence electrons. The summed E-state index contributed by atoms with van der Waals surface area (Å²) in [4.78, 5) is 27.7. The van der Waals surface area contributed by atoms with E-state index in [4.69, 9.17) is 4.74 Å². The molecule has 0 saturated heterocycles. The number of ether oxygens (including phenoxy) is 1. The molecule has 0 aromatic heterocycles. The number of fused-ring (bicyclic) bond motifs is 7. The molecule has 0 aliphatic heterocycles. The number of carbonyl (C=O) groups excluding carboxylic acids is 2. The molecule has 8 atom stereocenters. The first-order chi connectivity index (χ1) is 20.1. The van der Waals surface area contributed by atoms with Gasteiger partial charge in [-0.15, -0.1) is 0 Å². The van der Waals surface area contributed by atoms with Crippen LogP contribution in [0, 0.1) is 67.5 Å². The molecule has 4 nitrogen and oxygen atoms in total. The second kappa shape index (κ2) is 9.79. The number of Topliss-reactive ketones (excluding diaryl/α,β-unsaturated/α-hetero) is 1. The molecule has 1 aromatic carbocycles. The minimum absolute atomic E-state index is 0.00607. The second-order valence-corrected chi connectivity index (χ2v) is 17.4. The lowest BCUT2D eigenvalue weighted by atomic mass is 9.32. The lowest BCUT2D eigenvalue weighted by Crippen LogP contribution is -2.66. The fourth-order valence-corrected chi connectivity index (χ4v) is 12.0. The van der Waals surface area contributed by atoms with Gasteiger partial charge >= 0.3 is 5.97 Å². The van der Waals surface area contributed by atoms with Gasteiger partial charge in [0.1, 0.15) is 12.5 Å². The molecular weight excluding hydrogens is 530 g/mol. The van der Waals surface area contributed by atoms with Crippen molar-refractivity contribution in [2.45, 2.75) is 120 Å². The molecule has 43 heavy (non-hydrogen) atoms. The van der Waals surface area contributed by atoms with E-state index in [1.807, 2.05) is 30.3 Å². The van der Waals surface area contributed by atoms with Gasteiger partial charge in [-0.2, -0.15) is 5.26 Å². The van der Waals surface area contributed by atoms with Crippen LogP contribution in [0.1, 0.15) is 119 Å². The van der Waals surface area contributed by atoms with Crippen LogP contribution in [0.5, 0.6) is 0 Å². The summed E-state index contributed by atoms with van der Waals surface area (Å²) in [5, 5.41) is 10.1. The summed E-state index contributed by atoms with van der Waals surface area (Å²) in [6, 6.07) is 12.5. The number of ketones is 1. The molecule has 1 aromatic rings. The highest BCUT2D eigenvalue weighted by Gasteiger charge is 2.71. The maximum absolute atomic E-state index is 14.3. The molecule has 0 heterocycles. The average Bonchev–Trinajstić information content (AvgIpc) is 2.95. The average molecular weight is 584 g/mol. The van der Waals surface area contributed by atoms with E-state index in [1.54, 1.807) is 5.57 Å². The molecule has 0 N–H and O–H groups in total. The Morgan fingerprint density at radius 3 is 2.28 bits per heavy atom. The third-order valence-corrected chi connectivity index (χ3v) is 14.5. The number of esters is 1. The van der Waals surface area contributed by atoms with Crippen molar-refractivity contribution in [2.24, 2.45) is 56.2 Å². The van der Waals surface area contributed by atoms with Gasteiger partial charge in [0, 0.05) is 5.41 Å². The van der Waals surface area contributed by atoms with E-state index in [2.05, 4.69) is 61.5 Å². The minimum Gasteiger partial charge on any atom is -0.460 e. The Balaban J connectivity index is 1.42. The monoisotopic (exact) mass is 583 g/mol. The number of rotatable bonds is 3. The number of hydrogen-bond donors (Lipinski definition) is 0. The zero-order valence-corrected chi connectivity index (χ0v) is 27.9. The van der Waals surface area contributed by atoms with Crippen molar-refractivity contribution in [3.8, 4) is 6.07 Å². The van der Waals surface area contributed by atoms with E-state index in [1.165, 1.54) is 5.57 Å². The zero-order chi connectivity index (χ0) is 31.2. The van der Waals surface area contributed by atoms with Gasteiger partial charge in [-0.1, -0.05) is 89.9 Å². The van der Waals surface area contributed by atoms with Crippen molar-refractivity contribution in [2.75, 3.05) is 0 Å². The van der Waals surface area contributed by atoms with Crippen LogP contribution >= 0.6 is 0 Å². The van der Waals surface area contributed by atoms with Crippen LogP contribution < -0.4 is 0 Å². The van der Waals surface area contributed by atoms with Crippen molar-refractivity contribution < 1.29 is 14.3 Å². The van der Waals surface area contributed by atoms with Gasteiger partial charge in [-0.3, -0.25) is 9.59 Å². The van der Waals surface area contributed by atoms with E-state index < -0.39 is 16.7 Å². The molecule has 0 radical (unpaired) electrons. The van der Waals surface area contributed by atoms with Crippen molar-refractivity contribution in [1.29, 1.82) is 5.26 Å². The van der Waals surface area contributed by atoms with E-state index in [0.29, 0.717) is 18.9 Å². The third kappa shape index (κ3) is 4.19. The summed E-state index contributed by atoms with van der Waals surface area (Å²) in [5.41, 5.74) is 3.25. The summed E-state index contributed by atoms with van der Waals surface area (Å²) in [6.07, 6.45) is 8.65. The predicted molar refractivity (Wildman–Crippen MR) is 169 cm³/mol. The Bertz CT molecular complexity index is 1400. The molecule has 0 bridgehead atoms. The fourth-order valence-electron chi connectivity index (χ4n) is 12.0. The number of nitriles is 1. The summed E-state index contributed by atoms with van der Waals surface area (Å²) in [7, 11) is 0. The number of nitrogens with zero attached hydrogens (tertiary/aromatic N) is 1. The molecule has 2 unspecified atom stereocenters. The Labute approximate surface area is 260 Å². The van der Waals surface area contributed by atoms with Crippen LogP contribution in [0.25, 0.3) is 0 Å². The number of hydrogen-bond acceptors (Lipinski definition) is 4. The van der Waals surface area contributed by atoms with Crippen molar-refractivity contribution in [3.63, 3.8) is 0 Å². The van der Waals surface area contributed by atoms with Gasteiger partial charge < -0.3 is 4.74 Å². The first-order valence-electron chi connectivity index (χ1n) is 16.9. The van der Waals surface area contributed by atoms with Gasteiger partial charge in [0.25, 0.3) is 0 Å². The second-order valence-electron chi connectivity index (χ2n) is 17.4. The van der Waals surface area contributed by atoms with Crippen molar-refractivity contribution in [1.82, 2.24) is 0 Å². The van der Waals surface area contributed by atoms with Gasteiger partial charge in [-0.05, 0) is 110 Å². The van der Waals surface area contributed by atoms with Crippen LogP contribution in [0.15, 0.2) is 41.5 Å². The fraction of sp³-hybridized carbons (Fsp3) is 0.718. The summed E-state index contributed by atoms with van der Waals surface area (Å²) in [5.74, 6) is 0.526. The Morgan fingerprint density at radius 1 is 0.930 bits per heavy atom. The number of carbonyl (C=O) groups is 2.